The molecule has 1 aliphatic rings. The Kier molecular flexibility index (Phi) is 5.49. The van der Waals surface area contributed by atoms with Gasteiger partial charge in [0.1, 0.15) is 12.6 Å². The van der Waals surface area contributed by atoms with Gasteiger partial charge in [0.15, 0.2) is 0 Å². The lowest BCUT2D eigenvalue weighted by atomic mass is 9.98. The highest BCUT2D eigenvalue weighted by Crippen LogP contribution is 2.44. The number of amides is 1. The molecule has 2 aromatic rings. The molecule has 0 spiro atoms. The summed E-state index contributed by atoms with van der Waals surface area (Å²) >= 11 is 0. The van der Waals surface area contributed by atoms with Crippen LogP contribution in [0, 0.1) is 5.92 Å². The average molecular weight is 367 g/mol. The van der Waals surface area contributed by atoms with Crippen LogP contribution in [0.25, 0.3) is 11.1 Å². The minimum atomic E-state index is -1.01. The van der Waals surface area contributed by atoms with Gasteiger partial charge >= 0.3 is 12.1 Å². The van der Waals surface area contributed by atoms with Crippen LogP contribution in [0.2, 0.25) is 0 Å². The van der Waals surface area contributed by atoms with E-state index in [1.165, 1.54) is 11.9 Å². The summed E-state index contributed by atoms with van der Waals surface area (Å²) in [6.07, 6.45) is 0.0578. The first-order valence-corrected chi connectivity index (χ1v) is 9.26. The Labute approximate surface area is 159 Å². The summed E-state index contributed by atoms with van der Waals surface area (Å²) in [6.45, 7) is 3.92. The first-order valence-electron chi connectivity index (χ1n) is 9.26. The number of ether oxygens (including phenoxy) is 1. The SMILES string of the molecule is CC[C@H](C)C(C(=O)O)N(C)C(=O)OCC1c2ccccc2-c2ccccc21. The van der Waals surface area contributed by atoms with Gasteiger partial charge in [-0.25, -0.2) is 9.59 Å². The van der Waals surface area contributed by atoms with Crippen molar-refractivity contribution in [2.24, 2.45) is 5.92 Å². The highest BCUT2D eigenvalue weighted by molar-refractivity contribution is 5.81. The van der Waals surface area contributed by atoms with Crippen LogP contribution in [0.5, 0.6) is 0 Å². The standard InChI is InChI=1S/C22H25NO4/c1-4-14(2)20(21(24)25)23(3)22(26)27-13-19-17-11-7-5-9-15(17)16-10-6-8-12-18(16)19/h5-12,14,19-20H,4,13H2,1-3H3,(H,24,25)/t14-,20?/m0/s1. The third-order valence-corrected chi connectivity index (χ3v) is 5.48. The van der Waals surface area contributed by atoms with Crippen molar-refractivity contribution in [3.8, 4) is 11.1 Å². The van der Waals surface area contributed by atoms with Crippen molar-refractivity contribution in [1.82, 2.24) is 4.90 Å². The zero-order valence-corrected chi connectivity index (χ0v) is 15.9. The Balaban J connectivity index is 1.77. The van der Waals surface area contributed by atoms with Crippen molar-refractivity contribution in [2.75, 3.05) is 13.7 Å². The summed E-state index contributed by atoms with van der Waals surface area (Å²) in [5, 5.41) is 9.48. The molecule has 0 saturated heterocycles. The van der Waals surface area contributed by atoms with Gasteiger partial charge in [0.2, 0.25) is 0 Å². The summed E-state index contributed by atoms with van der Waals surface area (Å²) in [7, 11) is 1.49. The smallest absolute Gasteiger partial charge is 0.410 e. The molecule has 27 heavy (non-hydrogen) atoms. The van der Waals surface area contributed by atoms with E-state index >= 15 is 0 Å². The van der Waals surface area contributed by atoms with Gasteiger partial charge in [-0.05, 0) is 28.2 Å². The van der Waals surface area contributed by atoms with E-state index < -0.39 is 18.1 Å². The predicted molar refractivity (Wildman–Crippen MR) is 104 cm³/mol. The van der Waals surface area contributed by atoms with Gasteiger partial charge in [-0.2, -0.15) is 0 Å². The first-order chi connectivity index (χ1) is 13.0. The normalized spacial score (nSPS) is 14.8. The molecule has 0 aliphatic heterocycles. The molecule has 1 aliphatic carbocycles. The average Bonchev–Trinajstić information content (AvgIpc) is 2.99. The van der Waals surface area contributed by atoms with E-state index in [1.54, 1.807) is 0 Å². The van der Waals surface area contributed by atoms with Gasteiger partial charge in [-0.15, -0.1) is 0 Å². The third-order valence-electron chi connectivity index (χ3n) is 5.48. The number of fused-ring (bicyclic) bond motifs is 3. The number of rotatable bonds is 6. The highest BCUT2D eigenvalue weighted by atomic mass is 16.6. The van der Waals surface area contributed by atoms with E-state index in [-0.39, 0.29) is 18.4 Å². The third kappa shape index (κ3) is 3.54. The molecule has 3 rings (SSSR count). The number of carbonyl (C=O) groups excluding carboxylic acids is 1. The molecule has 142 valence electrons. The second-order valence-corrected chi connectivity index (χ2v) is 7.08. The van der Waals surface area contributed by atoms with Crippen LogP contribution >= 0.6 is 0 Å². The molecule has 2 aromatic carbocycles. The molecule has 0 fully saturated rings. The molecule has 1 N–H and O–H groups in total. The lowest BCUT2D eigenvalue weighted by Gasteiger charge is -2.28. The van der Waals surface area contributed by atoms with Crippen molar-refractivity contribution in [2.45, 2.75) is 32.2 Å². The number of carbonyl (C=O) groups is 2. The van der Waals surface area contributed by atoms with Gasteiger partial charge in [0, 0.05) is 13.0 Å². The highest BCUT2D eigenvalue weighted by Gasteiger charge is 2.33. The van der Waals surface area contributed by atoms with Crippen LogP contribution in [0.1, 0.15) is 37.3 Å². The molecule has 0 heterocycles. The van der Waals surface area contributed by atoms with E-state index in [0.29, 0.717) is 6.42 Å². The topological polar surface area (TPSA) is 66.8 Å². The molecule has 0 bridgehead atoms. The number of hydrogen-bond acceptors (Lipinski definition) is 3. The van der Waals surface area contributed by atoms with Crippen LogP contribution in [-0.4, -0.2) is 41.8 Å². The minimum absolute atomic E-state index is 0.0402. The fourth-order valence-corrected chi connectivity index (χ4v) is 3.82. The van der Waals surface area contributed by atoms with Crippen LogP contribution in [0.4, 0.5) is 4.79 Å². The Hall–Kier alpha value is -2.82. The van der Waals surface area contributed by atoms with Gasteiger partial charge in [-0.3, -0.25) is 4.90 Å². The molecule has 1 amide bonds. The number of likely N-dealkylation sites (N-methyl/N-ethyl adjacent to an activating group) is 1. The Morgan fingerprint density at radius 3 is 2.07 bits per heavy atom. The maximum absolute atomic E-state index is 12.5. The predicted octanol–water partition coefficient (Wildman–Crippen LogP) is 4.37. The zero-order chi connectivity index (χ0) is 19.6. The molecule has 5 nitrogen and oxygen atoms in total. The Bertz CT molecular complexity index is 802. The molecule has 0 saturated carbocycles. The van der Waals surface area contributed by atoms with E-state index in [9.17, 15) is 14.7 Å². The van der Waals surface area contributed by atoms with Crippen molar-refractivity contribution >= 4 is 12.1 Å². The summed E-state index contributed by atoms with van der Waals surface area (Å²) in [6, 6.07) is 15.3. The maximum Gasteiger partial charge on any atom is 0.410 e. The quantitative estimate of drug-likeness (QED) is 0.823. The lowest BCUT2D eigenvalue weighted by molar-refractivity contribution is -0.144. The molecule has 2 atom stereocenters. The van der Waals surface area contributed by atoms with Crippen molar-refractivity contribution in [1.29, 1.82) is 0 Å². The molecular weight excluding hydrogens is 342 g/mol. The second kappa shape index (κ2) is 7.82. The summed E-state index contributed by atoms with van der Waals surface area (Å²) < 4.78 is 5.55. The fourth-order valence-electron chi connectivity index (χ4n) is 3.82. The number of benzene rings is 2. The number of nitrogens with zero attached hydrogens (tertiary/aromatic N) is 1. The van der Waals surface area contributed by atoms with Crippen LogP contribution in [0.3, 0.4) is 0 Å². The van der Waals surface area contributed by atoms with Gasteiger partial charge < -0.3 is 9.84 Å². The van der Waals surface area contributed by atoms with E-state index in [2.05, 4.69) is 24.3 Å². The van der Waals surface area contributed by atoms with E-state index in [4.69, 9.17) is 4.74 Å². The van der Waals surface area contributed by atoms with Crippen molar-refractivity contribution in [3.63, 3.8) is 0 Å². The van der Waals surface area contributed by atoms with Crippen molar-refractivity contribution < 1.29 is 19.4 Å². The Morgan fingerprint density at radius 2 is 1.59 bits per heavy atom. The van der Waals surface area contributed by atoms with E-state index in [0.717, 1.165) is 22.3 Å². The maximum atomic E-state index is 12.5. The summed E-state index contributed by atoms with van der Waals surface area (Å²) in [4.78, 5) is 25.3. The number of carboxylic acids is 1. The Morgan fingerprint density at radius 1 is 1.07 bits per heavy atom. The molecule has 1 unspecified atom stereocenters. The first kappa shape index (κ1) is 19.0. The number of aliphatic carboxylic acids is 1. The molecule has 0 aromatic heterocycles. The zero-order valence-electron chi connectivity index (χ0n) is 15.9. The van der Waals surface area contributed by atoms with Crippen LogP contribution < -0.4 is 0 Å². The van der Waals surface area contributed by atoms with Gasteiger partial charge in [0.05, 0.1) is 0 Å². The number of hydrogen-bond donors (Lipinski definition) is 1. The number of carboxylic acid groups (broad SMARTS) is 1. The summed E-state index contributed by atoms with van der Waals surface area (Å²) in [5.41, 5.74) is 4.58. The largest absolute Gasteiger partial charge is 0.480 e. The van der Waals surface area contributed by atoms with Crippen molar-refractivity contribution in [3.05, 3.63) is 59.7 Å². The molecule has 5 heteroatoms. The summed E-state index contributed by atoms with van der Waals surface area (Å²) in [5.74, 6) is -1.21. The van der Waals surface area contributed by atoms with Gasteiger partial charge in [0.25, 0.3) is 0 Å². The minimum Gasteiger partial charge on any atom is -0.480 e. The molecule has 0 radical (unpaired) electrons. The van der Waals surface area contributed by atoms with E-state index in [1.807, 2.05) is 38.1 Å². The van der Waals surface area contributed by atoms with Crippen LogP contribution in [0.15, 0.2) is 48.5 Å². The lowest BCUT2D eigenvalue weighted by Crippen LogP contribution is -2.46. The van der Waals surface area contributed by atoms with Crippen LogP contribution in [-0.2, 0) is 9.53 Å². The second-order valence-electron chi connectivity index (χ2n) is 7.08. The monoisotopic (exact) mass is 367 g/mol. The fraction of sp³-hybridized carbons (Fsp3) is 0.364. The van der Waals surface area contributed by atoms with Gasteiger partial charge in [-0.1, -0.05) is 68.8 Å². The molecular formula is C22H25NO4.